The molecule has 20 heavy (non-hydrogen) atoms. The van der Waals surface area contributed by atoms with E-state index in [0.717, 1.165) is 47.4 Å². The van der Waals surface area contributed by atoms with Gasteiger partial charge in [-0.05, 0) is 13.3 Å². The number of thioether (sulfide) groups is 1. The average molecular weight is 289 g/mol. The number of fused-ring (bicyclic) bond motifs is 1. The fourth-order valence-corrected chi connectivity index (χ4v) is 3.42. The van der Waals surface area contributed by atoms with Gasteiger partial charge in [0, 0.05) is 36.9 Å². The Hall–Kier alpha value is -1.56. The number of nitrogens with one attached hydrogen (secondary N) is 1. The zero-order valence-corrected chi connectivity index (χ0v) is 12.9. The maximum atomic E-state index is 4.74. The number of hydrogen-bond acceptors (Lipinski definition) is 5. The Kier molecular flexibility index (Phi) is 3.65. The number of aryl methyl sites for hydroxylation is 2. The molecule has 0 atom stereocenters. The van der Waals surface area contributed by atoms with Gasteiger partial charge in [-0.15, -0.1) is 0 Å². The van der Waals surface area contributed by atoms with E-state index >= 15 is 0 Å². The molecule has 0 aliphatic carbocycles. The predicted molar refractivity (Wildman–Crippen MR) is 82.8 cm³/mol. The number of hydrogen-bond donors (Lipinski definition) is 1. The summed E-state index contributed by atoms with van der Waals surface area (Å²) in [5, 5.41) is 7.82. The van der Waals surface area contributed by atoms with E-state index in [0.29, 0.717) is 0 Å². The smallest absolute Gasteiger partial charge is 0.165 e. The Morgan fingerprint density at radius 3 is 2.90 bits per heavy atom. The normalized spacial score (nSPS) is 13.6. The van der Waals surface area contributed by atoms with Gasteiger partial charge in [-0.1, -0.05) is 6.92 Å². The molecule has 1 aliphatic heterocycles. The second-order valence-corrected chi connectivity index (χ2v) is 6.03. The number of anilines is 1. The van der Waals surface area contributed by atoms with E-state index in [1.54, 1.807) is 0 Å². The molecule has 3 rings (SSSR count). The summed E-state index contributed by atoms with van der Waals surface area (Å²) in [6.07, 6.45) is 3.08. The molecule has 2 aromatic heterocycles. The maximum absolute atomic E-state index is 4.74. The van der Waals surface area contributed by atoms with Crippen molar-refractivity contribution >= 4 is 17.6 Å². The van der Waals surface area contributed by atoms with Crippen molar-refractivity contribution in [3.05, 3.63) is 23.1 Å². The van der Waals surface area contributed by atoms with Gasteiger partial charge in [0.25, 0.3) is 0 Å². The lowest BCUT2D eigenvalue weighted by atomic mass is 10.2. The van der Waals surface area contributed by atoms with Crippen molar-refractivity contribution in [3.8, 4) is 11.4 Å². The van der Waals surface area contributed by atoms with Gasteiger partial charge in [0.2, 0.25) is 0 Å². The molecule has 5 nitrogen and oxygen atoms in total. The standard InChI is InChI=1S/C14H19N5S/c1-4-5-15-13-11-7-20-8-12(11)16-14(17-13)10-6-19(3)18-9(10)2/h6H,4-5,7-8H2,1-3H3,(H,15,16,17). The Morgan fingerprint density at radius 2 is 2.20 bits per heavy atom. The summed E-state index contributed by atoms with van der Waals surface area (Å²) in [5.74, 6) is 3.77. The van der Waals surface area contributed by atoms with E-state index in [1.165, 1.54) is 11.3 Å². The molecule has 106 valence electrons. The first-order valence-corrected chi connectivity index (χ1v) is 8.06. The molecule has 0 saturated heterocycles. The first kappa shape index (κ1) is 13.4. The molecule has 0 fully saturated rings. The van der Waals surface area contributed by atoms with Crippen LogP contribution in [0.4, 0.5) is 5.82 Å². The largest absolute Gasteiger partial charge is 0.370 e. The quantitative estimate of drug-likeness (QED) is 0.938. The zero-order chi connectivity index (χ0) is 14.1. The van der Waals surface area contributed by atoms with Crippen molar-refractivity contribution in [1.29, 1.82) is 0 Å². The van der Waals surface area contributed by atoms with Gasteiger partial charge in [-0.3, -0.25) is 4.68 Å². The van der Waals surface area contributed by atoms with Crippen LogP contribution in [0.3, 0.4) is 0 Å². The van der Waals surface area contributed by atoms with Crippen molar-refractivity contribution in [3.63, 3.8) is 0 Å². The molecule has 0 unspecified atom stereocenters. The van der Waals surface area contributed by atoms with Crippen LogP contribution in [-0.4, -0.2) is 26.3 Å². The van der Waals surface area contributed by atoms with Crippen LogP contribution in [0.1, 0.15) is 30.3 Å². The fraction of sp³-hybridized carbons (Fsp3) is 0.500. The highest BCUT2D eigenvalue weighted by Crippen LogP contribution is 2.34. The molecule has 0 radical (unpaired) electrons. The van der Waals surface area contributed by atoms with Crippen molar-refractivity contribution in [2.45, 2.75) is 31.8 Å². The summed E-state index contributed by atoms with van der Waals surface area (Å²) < 4.78 is 1.81. The van der Waals surface area contributed by atoms with Gasteiger partial charge in [0.1, 0.15) is 5.82 Å². The van der Waals surface area contributed by atoms with Crippen LogP contribution in [-0.2, 0) is 18.6 Å². The van der Waals surface area contributed by atoms with E-state index in [2.05, 4.69) is 17.3 Å². The van der Waals surface area contributed by atoms with Crippen LogP contribution in [0, 0.1) is 6.92 Å². The predicted octanol–water partition coefficient (Wildman–Crippen LogP) is 2.75. The van der Waals surface area contributed by atoms with Crippen LogP contribution in [0.15, 0.2) is 6.20 Å². The lowest BCUT2D eigenvalue weighted by Gasteiger charge is -2.10. The van der Waals surface area contributed by atoms with Gasteiger partial charge >= 0.3 is 0 Å². The van der Waals surface area contributed by atoms with E-state index in [1.807, 2.05) is 36.6 Å². The maximum Gasteiger partial charge on any atom is 0.165 e. The summed E-state index contributed by atoms with van der Waals surface area (Å²) in [4.78, 5) is 9.48. The second kappa shape index (κ2) is 5.44. The monoisotopic (exact) mass is 289 g/mol. The van der Waals surface area contributed by atoms with Gasteiger partial charge in [0.15, 0.2) is 5.82 Å². The number of aromatic nitrogens is 4. The van der Waals surface area contributed by atoms with Crippen LogP contribution >= 0.6 is 11.8 Å². The fourth-order valence-electron chi connectivity index (χ4n) is 2.38. The molecular weight excluding hydrogens is 270 g/mol. The SMILES string of the molecule is CCCNc1nc(-c2cn(C)nc2C)nc2c1CSC2. The van der Waals surface area contributed by atoms with Crippen molar-refractivity contribution in [1.82, 2.24) is 19.7 Å². The number of nitrogens with zero attached hydrogens (tertiary/aromatic N) is 4. The van der Waals surface area contributed by atoms with Crippen LogP contribution in [0.25, 0.3) is 11.4 Å². The lowest BCUT2D eigenvalue weighted by molar-refractivity contribution is 0.756. The van der Waals surface area contributed by atoms with Crippen LogP contribution in [0.5, 0.6) is 0 Å². The summed E-state index contributed by atoms with van der Waals surface area (Å²) in [7, 11) is 1.93. The molecule has 2 aromatic rings. The van der Waals surface area contributed by atoms with Gasteiger partial charge in [-0.2, -0.15) is 16.9 Å². The molecule has 0 amide bonds. The Balaban J connectivity index is 2.06. The highest BCUT2D eigenvalue weighted by molar-refractivity contribution is 7.98. The van der Waals surface area contributed by atoms with Crippen LogP contribution in [0.2, 0.25) is 0 Å². The van der Waals surface area contributed by atoms with E-state index < -0.39 is 0 Å². The topological polar surface area (TPSA) is 55.6 Å². The van der Waals surface area contributed by atoms with Crippen molar-refractivity contribution in [2.75, 3.05) is 11.9 Å². The Labute approximate surface area is 123 Å². The first-order chi connectivity index (χ1) is 9.69. The van der Waals surface area contributed by atoms with E-state index in [4.69, 9.17) is 9.97 Å². The Bertz CT molecular complexity index is 635. The zero-order valence-electron chi connectivity index (χ0n) is 12.1. The molecule has 0 aromatic carbocycles. The minimum absolute atomic E-state index is 0.787. The summed E-state index contributed by atoms with van der Waals surface area (Å²) >= 11 is 1.90. The van der Waals surface area contributed by atoms with Gasteiger partial charge in [0.05, 0.1) is 17.0 Å². The minimum atomic E-state index is 0.787. The summed E-state index contributed by atoms with van der Waals surface area (Å²) in [6.45, 7) is 5.11. The molecule has 6 heteroatoms. The summed E-state index contributed by atoms with van der Waals surface area (Å²) in [6, 6.07) is 0. The van der Waals surface area contributed by atoms with Gasteiger partial charge in [-0.25, -0.2) is 9.97 Å². The van der Waals surface area contributed by atoms with Gasteiger partial charge < -0.3 is 5.32 Å². The number of rotatable bonds is 4. The van der Waals surface area contributed by atoms with E-state index in [-0.39, 0.29) is 0 Å². The third-order valence-corrected chi connectivity index (χ3v) is 4.35. The average Bonchev–Trinajstić information content (AvgIpc) is 3.01. The molecule has 0 spiro atoms. The molecule has 1 aliphatic rings. The minimum Gasteiger partial charge on any atom is -0.370 e. The molecular formula is C14H19N5S. The third kappa shape index (κ3) is 2.40. The molecule has 0 bridgehead atoms. The van der Waals surface area contributed by atoms with Crippen molar-refractivity contribution in [2.24, 2.45) is 7.05 Å². The third-order valence-electron chi connectivity index (χ3n) is 3.37. The molecule has 3 heterocycles. The summed E-state index contributed by atoms with van der Waals surface area (Å²) in [5.41, 5.74) is 4.43. The Morgan fingerprint density at radius 1 is 1.35 bits per heavy atom. The second-order valence-electron chi connectivity index (χ2n) is 5.04. The highest BCUT2D eigenvalue weighted by atomic mass is 32.2. The van der Waals surface area contributed by atoms with E-state index in [9.17, 15) is 0 Å². The van der Waals surface area contributed by atoms with Crippen molar-refractivity contribution < 1.29 is 0 Å². The molecule has 0 saturated carbocycles. The highest BCUT2D eigenvalue weighted by Gasteiger charge is 2.21. The molecule has 1 N–H and O–H groups in total. The first-order valence-electron chi connectivity index (χ1n) is 6.91. The lowest BCUT2D eigenvalue weighted by Crippen LogP contribution is -2.08. The van der Waals surface area contributed by atoms with Crippen LogP contribution < -0.4 is 5.32 Å².